The molecule has 0 aromatic carbocycles. The van der Waals surface area contributed by atoms with E-state index in [1.807, 2.05) is 0 Å². The molecule has 0 bridgehead atoms. The van der Waals surface area contributed by atoms with E-state index in [-0.39, 0.29) is 17.1 Å². The number of aromatic nitrogens is 4. The first-order valence-electron chi connectivity index (χ1n) is 9.02. The smallest absolute Gasteiger partial charge is 0.387 e. The number of aliphatic hydroxyl groups is 1. The van der Waals surface area contributed by atoms with Crippen LogP contribution in [0.15, 0.2) is 11.1 Å². The largest absolute Gasteiger partial charge is 0.489 e. The molecule has 19 nitrogen and oxygen atoms in total. The van der Waals surface area contributed by atoms with Crippen LogP contribution in [0.5, 0.6) is 0 Å². The second-order valence-electron chi connectivity index (χ2n) is 6.67. The molecular formula is C12H21N6O13P3. The maximum absolute atomic E-state index is 12.3. The van der Waals surface area contributed by atoms with E-state index in [1.54, 1.807) is 5.09 Å². The first-order chi connectivity index (χ1) is 15.7. The van der Waals surface area contributed by atoms with Gasteiger partial charge in [0.1, 0.15) is 24.6 Å². The predicted molar refractivity (Wildman–Crippen MR) is 110 cm³/mol. The molecule has 1 aliphatic rings. The number of rotatable bonds is 10. The number of ether oxygens (including phenoxy) is 2. The number of methoxy groups -OCH3 is 1. The second-order valence-corrected chi connectivity index (χ2v) is 11.6. The molecule has 2 aromatic heterocycles. The Kier molecular flexibility index (Phi) is 7.82. The number of fused-ring (bicyclic) bond motifs is 1. The van der Waals surface area contributed by atoms with Crippen LogP contribution in [0.4, 0.5) is 5.95 Å². The number of H-pyrrole nitrogens is 1. The van der Waals surface area contributed by atoms with E-state index in [1.165, 1.54) is 18.0 Å². The van der Waals surface area contributed by atoms with Crippen molar-refractivity contribution in [1.29, 1.82) is 0 Å². The quantitative estimate of drug-likeness (QED) is 0.166. The summed E-state index contributed by atoms with van der Waals surface area (Å²) in [7, 11) is -13.6. The molecule has 3 rings (SSSR count). The van der Waals surface area contributed by atoms with E-state index in [2.05, 4.69) is 28.1 Å². The Morgan fingerprint density at radius 3 is 2.56 bits per heavy atom. The minimum Gasteiger partial charge on any atom is -0.387 e. The number of nitrogens with zero attached hydrogens (tertiary/aromatic N) is 3. The monoisotopic (exact) mass is 550 g/mol. The Labute approximate surface area is 189 Å². The lowest BCUT2D eigenvalue weighted by Gasteiger charge is -2.20. The van der Waals surface area contributed by atoms with Gasteiger partial charge in [0, 0.05) is 7.11 Å². The van der Waals surface area contributed by atoms with Crippen LogP contribution < -0.4 is 16.4 Å². The molecule has 22 heteroatoms. The molecule has 7 atom stereocenters. The van der Waals surface area contributed by atoms with Gasteiger partial charge in [-0.05, 0) is 7.05 Å². The standard InChI is InChI=1S/C12H21N6O13P3/c1-14-32(21,22)30-34(25,26)31-33(23,24)28-3-5-7(19)8(27-2)11(29-5)18-4-15-9-6(18)10(20)17-12(13)16-9/h4-5,7-8,11,19H,3H2,1-2H3,(H,23,24)(H,25,26)(H2,14,21,22)(H3,13,16,17,20). The van der Waals surface area contributed by atoms with E-state index in [0.29, 0.717) is 0 Å². The lowest BCUT2D eigenvalue weighted by Crippen LogP contribution is -2.35. The van der Waals surface area contributed by atoms with E-state index < -0.39 is 60.1 Å². The highest BCUT2D eigenvalue weighted by atomic mass is 31.3. The average Bonchev–Trinajstić information content (AvgIpc) is 3.25. The molecule has 1 fully saturated rings. The van der Waals surface area contributed by atoms with Crippen LogP contribution >= 0.6 is 23.4 Å². The molecule has 8 N–H and O–H groups in total. The molecule has 0 aliphatic carbocycles. The van der Waals surface area contributed by atoms with Gasteiger partial charge in [0.2, 0.25) is 5.95 Å². The third kappa shape index (κ3) is 5.98. The van der Waals surface area contributed by atoms with E-state index >= 15 is 0 Å². The SMILES string of the molecule is CNP(=O)(O)OP(=O)(O)OP(=O)(O)OCC1OC(n2cnc3nc(N)[nH]c(=O)c32)C(OC)C1O. The molecule has 1 saturated heterocycles. The Hall–Kier alpha value is -1.56. The summed E-state index contributed by atoms with van der Waals surface area (Å²) < 4.78 is 59.5. The van der Waals surface area contributed by atoms with Gasteiger partial charge in [-0.15, -0.1) is 0 Å². The van der Waals surface area contributed by atoms with Gasteiger partial charge in [0.05, 0.1) is 6.61 Å². The van der Waals surface area contributed by atoms with Crippen molar-refractivity contribution >= 4 is 40.5 Å². The number of nitrogens with one attached hydrogen (secondary N) is 2. The zero-order valence-corrected chi connectivity index (χ0v) is 20.0. The Morgan fingerprint density at radius 2 is 1.94 bits per heavy atom. The maximum atomic E-state index is 12.3. The number of phosphoric ester groups is 1. The number of anilines is 1. The van der Waals surface area contributed by atoms with Crippen LogP contribution in [-0.2, 0) is 36.3 Å². The Balaban J connectivity index is 1.75. The van der Waals surface area contributed by atoms with Crippen molar-refractivity contribution in [3.63, 3.8) is 0 Å². The van der Waals surface area contributed by atoms with Crippen LogP contribution in [0.2, 0.25) is 0 Å². The average molecular weight is 550 g/mol. The summed E-state index contributed by atoms with van der Waals surface area (Å²) in [6.45, 7) is -0.887. The van der Waals surface area contributed by atoms with Gasteiger partial charge in [-0.25, -0.2) is 23.8 Å². The van der Waals surface area contributed by atoms with Gasteiger partial charge >= 0.3 is 23.4 Å². The lowest BCUT2D eigenvalue weighted by molar-refractivity contribution is -0.0576. The summed E-state index contributed by atoms with van der Waals surface area (Å²) in [5.41, 5.74) is 4.72. The Morgan fingerprint density at radius 1 is 1.26 bits per heavy atom. The van der Waals surface area contributed by atoms with Gasteiger partial charge in [0.15, 0.2) is 17.4 Å². The number of nitrogens with two attached hydrogens (primary N) is 1. The third-order valence-corrected chi connectivity index (χ3v) is 8.82. The molecule has 0 saturated carbocycles. The van der Waals surface area contributed by atoms with Crippen LogP contribution in [0, 0.1) is 0 Å². The zero-order valence-electron chi connectivity index (χ0n) is 17.3. The second kappa shape index (κ2) is 9.83. The van der Waals surface area contributed by atoms with Crippen LogP contribution in [0.3, 0.4) is 0 Å². The van der Waals surface area contributed by atoms with Crippen LogP contribution in [0.1, 0.15) is 6.23 Å². The zero-order chi connectivity index (χ0) is 25.5. The molecular weight excluding hydrogens is 529 g/mol. The highest BCUT2D eigenvalue weighted by molar-refractivity contribution is 7.67. The van der Waals surface area contributed by atoms with Crippen LogP contribution in [-0.4, -0.2) is 78.4 Å². The van der Waals surface area contributed by atoms with Crippen molar-refractivity contribution in [2.45, 2.75) is 24.5 Å². The van der Waals surface area contributed by atoms with E-state index in [4.69, 9.17) is 20.1 Å². The number of aromatic amines is 1. The minimum absolute atomic E-state index is 0.0245. The van der Waals surface area contributed by atoms with Gasteiger partial charge in [-0.2, -0.15) is 13.6 Å². The number of nitrogen functional groups attached to an aromatic ring is 1. The number of hydrogen-bond donors (Lipinski definition) is 7. The van der Waals surface area contributed by atoms with Crippen molar-refractivity contribution in [1.82, 2.24) is 24.6 Å². The summed E-state index contributed by atoms with van der Waals surface area (Å²) >= 11 is 0. The van der Waals surface area contributed by atoms with Crippen LogP contribution in [0.25, 0.3) is 11.2 Å². The summed E-state index contributed by atoms with van der Waals surface area (Å²) in [5.74, 6) is -0.180. The first-order valence-corrected chi connectivity index (χ1v) is 13.6. The van der Waals surface area contributed by atoms with Gasteiger partial charge in [-0.3, -0.25) is 18.9 Å². The predicted octanol–water partition coefficient (Wildman–Crippen LogP) is -1.45. The Bertz CT molecular complexity index is 1250. The van der Waals surface area contributed by atoms with Crippen molar-refractivity contribution in [2.24, 2.45) is 0 Å². The number of aliphatic hydroxyl groups excluding tert-OH is 1. The molecule has 2 aromatic rings. The number of phosphoric acid groups is 2. The van der Waals surface area contributed by atoms with E-state index in [0.717, 1.165) is 7.05 Å². The molecule has 1 aliphatic heterocycles. The van der Waals surface area contributed by atoms with Crippen molar-refractivity contribution in [3.05, 3.63) is 16.7 Å². The highest BCUT2D eigenvalue weighted by Crippen LogP contribution is 2.66. The van der Waals surface area contributed by atoms with Gasteiger partial charge < -0.3 is 35.0 Å². The summed E-state index contributed by atoms with van der Waals surface area (Å²) in [6, 6.07) is 0. The van der Waals surface area contributed by atoms with Gasteiger partial charge in [0.25, 0.3) is 5.56 Å². The fourth-order valence-electron chi connectivity index (χ4n) is 3.01. The number of hydrogen-bond acceptors (Lipinski definition) is 13. The maximum Gasteiger partial charge on any atom is 0.489 e. The topological polar surface area (TPSA) is 280 Å². The third-order valence-electron chi connectivity index (χ3n) is 4.42. The fourth-order valence-corrected chi connectivity index (χ4v) is 6.41. The van der Waals surface area contributed by atoms with Crippen molar-refractivity contribution < 1.29 is 56.1 Å². The lowest BCUT2D eigenvalue weighted by atomic mass is 10.1. The minimum atomic E-state index is -5.54. The molecule has 0 amide bonds. The highest BCUT2D eigenvalue weighted by Gasteiger charge is 2.48. The molecule has 0 radical (unpaired) electrons. The molecule has 7 unspecified atom stereocenters. The normalized spacial score (nSPS) is 28.4. The van der Waals surface area contributed by atoms with Gasteiger partial charge in [-0.1, -0.05) is 0 Å². The molecule has 3 heterocycles. The molecule has 34 heavy (non-hydrogen) atoms. The summed E-state index contributed by atoms with van der Waals surface area (Å²) in [4.78, 5) is 50.7. The molecule has 192 valence electrons. The van der Waals surface area contributed by atoms with Crippen molar-refractivity contribution in [3.8, 4) is 0 Å². The summed E-state index contributed by atoms with van der Waals surface area (Å²) in [5, 5.41) is 12.2. The number of imidazole rings is 1. The molecule has 0 spiro atoms. The van der Waals surface area contributed by atoms with E-state index in [9.17, 15) is 33.4 Å². The summed E-state index contributed by atoms with van der Waals surface area (Å²) in [6.07, 6.45) is -4.02. The fraction of sp³-hybridized carbons (Fsp3) is 0.583. The first kappa shape index (κ1) is 27.0. The van der Waals surface area contributed by atoms with Crippen molar-refractivity contribution in [2.75, 3.05) is 26.5 Å².